The van der Waals surface area contributed by atoms with Crippen LogP contribution in [-0.2, 0) is 0 Å². The van der Waals surface area contributed by atoms with Gasteiger partial charge in [-0.25, -0.2) is 0 Å². The van der Waals surface area contributed by atoms with Crippen molar-refractivity contribution < 1.29 is 0 Å². The van der Waals surface area contributed by atoms with Gasteiger partial charge < -0.3 is 0 Å². The van der Waals surface area contributed by atoms with Crippen LogP contribution in [0.25, 0.3) is 22.3 Å². The zero-order valence-corrected chi connectivity index (χ0v) is 12.1. The van der Waals surface area contributed by atoms with Gasteiger partial charge in [0.15, 0.2) is 0 Å². The molecule has 0 aromatic heterocycles. The molecule has 0 saturated heterocycles. The SMILES string of the molecule is C(#Cc1cc2cccccc-2c1)c1ccc2cccc-2cc1. The molecule has 0 saturated carbocycles. The molecule has 0 N–H and O–H groups in total. The van der Waals surface area contributed by atoms with E-state index in [0.717, 1.165) is 11.1 Å². The third-order valence-electron chi connectivity index (χ3n) is 3.85. The Morgan fingerprint density at radius 3 is 1.59 bits per heavy atom. The van der Waals surface area contributed by atoms with E-state index in [9.17, 15) is 0 Å². The monoisotopic (exact) mass is 278 g/mol. The lowest BCUT2D eigenvalue weighted by molar-refractivity contribution is 1.74. The van der Waals surface area contributed by atoms with E-state index in [-0.39, 0.29) is 0 Å². The minimum atomic E-state index is 1.03. The summed E-state index contributed by atoms with van der Waals surface area (Å²) in [5, 5.41) is 0. The van der Waals surface area contributed by atoms with E-state index in [4.69, 9.17) is 0 Å². The Labute approximate surface area is 130 Å². The first kappa shape index (κ1) is 12.7. The van der Waals surface area contributed by atoms with Gasteiger partial charge in [-0.3, -0.25) is 0 Å². The van der Waals surface area contributed by atoms with Crippen LogP contribution in [0.4, 0.5) is 0 Å². The summed E-state index contributed by atoms with van der Waals surface area (Å²) in [5.41, 5.74) is 7.05. The van der Waals surface area contributed by atoms with Crippen LogP contribution in [0.2, 0.25) is 0 Å². The number of fused-ring (bicyclic) bond motifs is 2. The lowest BCUT2D eigenvalue weighted by Gasteiger charge is -1.85. The smallest absolute Gasteiger partial charge is 0.0261 e. The van der Waals surface area contributed by atoms with Crippen molar-refractivity contribution in [2.24, 2.45) is 0 Å². The molecule has 4 rings (SSSR count). The molecule has 0 aliphatic heterocycles. The normalized spacial score (nSPS) is 10.4. The highest BCUT2D eigenvalue weighted by atomic mass is 14.1. The highest BCUT2D eigenvalue weighted by molar-refractivity contribution is 5.71. The van der Waals surface area contributed by atoms with Crippen molar-refractivity contribution in [3.05, 3.63) is 96.1 Å². The summed E-state index contributed by atoms with van der Waals surface area (Å²) in [6.07, 6.45) is 0. The lowest BCUT2D eigenvalue weighted by atomic mass is 10.2. The van der Waals surface area contributed by atoms with Crippen LogP contribution in [0, 0.1) is 11.8 Å². The molecule has 4 aliphatic rings. The van der Waals surface area contributed by atoms with Gasteiger partial charge in [0, 0.05) is 11.1 Å². The Morgan fingerprint density at radius 2 is 0.955 bits per heavy atom. The van der Waals surface area contributed by atoms with Crippen LogP contribution in [0.3, 0.4) is 0 Å². The van der Waals surface area contributed by atoms with E-state index in [0.29, 0.717) is 0 Å². The first-order valence-corrected chi connectivity index (χ1v) is 7.38. The highest BCUT2D eigenvalue weighted by Crippen LogP contribution is 2.24. The van der Waals surface area contributed by atoms with E-state index in [1.807, 2.05) is 6.07 Å². The average Bonchev–Trinajstić information content (AvgIpc) is 3.02. The van der Waals surface area contributed by atoms with Gasteiger partial charge >= 0.3 is 0 Å². The largest absolute Gasteiger partial charge is 0.0622 e. The van der Waals surface area contributed by atoms with Crippen LogP contribution in [0.5, 0.6) is 0 Å². The predicted molar refractivity (Wildman–Crippen MR) is 92.1 cm³/mol. The van der Waals surface area contributed by atoms with Gasteiger partial charge in [0.2, 0.25) is 0 Å². The van der Waals surface area contributed by atoms with E-state index < -0.39 is 0 Å². The van der Waals surface area contributed by atoms with Gasteiger partial charge in [-0.05, 0) is 46.5 Å². The molecule has 0 heterocycles. The second kappa shape index (κ2) is 5.39. The standard InChI is InChI=1S/C22H14/c1-2-5-21-15-18(16-22(21)6-3-1)10-9-17-11-13-19-7-4-8-20(19)14-12-17/h1-8,11-16H. The average molecular weight is 278 g/mol. The summed E-state index contributed by atoms with van der Waals surface area (Å²) in [7, 11) is 0. The van der Waals surface area contributed by atoms with Crippen molar-refractivity contribution in [3.8, 4) is 34.1 Å². The molecular weight excluding hydrogens is 264 g/mol. The van der Waals surface area contributed by atoms with Crippen molar-refractivity contribution >= 4 is 0 Å². The van der Waals surface area contributed by atoms with Crippen molar-refractivity contribution in [3.63, 3.8) is 0 Å². The lowest BCUT2D eigenvalue weighted by Crippen LogP contribution is -1.68. The Morgan fingerprint density at radius 1 is 0.409 bits per heavy atom. The summed E-state index contributed by atoms with van der Waals surface area (Å²) in [6.45, 7) is 0. The molecule has 102 valence electrons. The molecule has 0 unspecified atom stereocenters. The molecule has 0 heteroatoms. The van der Waals surface area contributed by atoms with E-state index >= 15 is 0 Å². The Kier molecular flexibility index (Phi) is 3.11. The zero-order chi connectivity index (χ0) is 14.8. The van der Waals surface area contributed by atoms with E-state index in [1.54, 1.807) is 0 Å². The van der Waals surface area contributed by atoms with Crippen molar-refractivity contribution in [2.75, 3.05) is 0 Å². The van der Waals surface area contributed by atoms with Crippen molar-refractivity contribution in [1.82, 2.24) is 0 Å². The van der Waals surface area contributed by atoms with Crippen LogP contribution in [-0.4, -0.2) is 0 Å². The fraction of sp³-hybridized carbons (Fsp3) is 0. The second-order valence-electron chi connectivity index (χ2n) is 5.37. The second-order valence-corrected chi connectivity index (χ2v) is 5.37. The van der Waals surface area contributed by atoms with Crippen LogP contribution >= 0.6 is 0 Å². The molecule has 0 fully saturated rings. The van der Waals surface area contributed by atoms with E-state index in [1.165, 1.54) is 22.3 Å². The topological polar surface area (TPSA) is 0 Å². The summed E-state index contributed by atoms with van der Waals surface area (Å²) >= 11 is 0. The molecule has 0 radical (unpaired) electrons. The maximum absolute atomic E-state index is 3.27. The first-order valence-electron chi connectivity index (χ1n) is 7.38. The fourth-order valence-corrected chi connectivity index (χ4v) is 2.68. The Hall–Kier alpha value is -3.04. The van der Waals surface area contributed by atoms with Crippen molar-refractivity contribution in [2.45, 2.75) is 0 Å². The van der Waals surface area contributed by atoms with Gasteiger partial charge in [0.1, 0.15) is 0 Å². The number of hydrogen-bond donors (Lipinski definition) is 0. The molecule has 0 amide bonds. The molecule has 0 aromatic carbocycles. The van der Waals surface area contributed by atoms with Gasteiger partial charge in [0.05, 0.1) is 0 Å². The van der Waals surface area contributed by atoms with Crippen LogP contribution in [0.15, 0.2) is 84.9 Å². The number of hydrogen-bond acceptors (Lipinski definition) is 0. The molecule has 4 aliphatic carbocycles. The Bertz CT molecular complexity index is 869. The van der Waals surface area contributed by atoms with Crippen molar-refractivity contribution in [1.29, 1.82) is 0 Å². The zero-order valence-electron chi connectivity index (χ0n) is 12.1. The van der Waals surface area contributed by atoms with Gasteiger partial charge in [-0.2, -0.15) is 0 Å². The summed E-state index contributed by atoms with van der Waals surface area (Å²) in [4.78, 5) is 0. The van der Waals surface area contributed by atoms with Crippen LogP contribution < -0.4 is 0 Å². The minimum absolute atomic E-state index is 1.03. The highest BCUT2D eigenvalue weighted by Gasteiger charge is 2.02. The maximum Gasteiger partial charge on any atom is 0.0261 e. The third kappa shape index (κ3) is 2.45. The molecule has 0 bridgehead atoms. The number of rotatable bonds is 0. The first-order chi connectivity index (χ1) is 10.9. The molecule has 0 atom stereocenters. The third-order valence-corrected chi connectivity index (χ3v) is 3.85. The molecule has 22 heavy (non-hydrogen) atoms. The van der Waals surface area contributed by atoms with Gasteiger partial charge in [-0.1, -0.05) is 72.5 Å². The maximum atomic E-state index is 3.27. The van der Waals surface area contributed by atoms with Gasteiger partial charge in [0.25, 0.3) is 0 Å². The van der Waals surface area contributed by atoms with E-state index in [2.05, 4.69) is 90.7 Å². The van der Waals surface area contributed by atoms with Crippen LogP contribution in [0.1, 0.15) is 11.1 Å². The molecular formula is C22H14. The summed E-state index contributed by atoms with van der Waals surface area (Å²) in [6, 6.07) is 29.4. The fourth-order valence-electron chi connectivity index (χ4n) is 2.68. The molecule has 0 aromatic rings. The Balaban J connectivity index is 1.72. The summed E-state index contributed by atoms with van der Waals surface area (Å²) < 4.78 is 0. The minimum Gasteiger partial charge on any atom is -0.0622 e. The predicted octanol–water partition coefficient (Wildman–Crippen LogP) is 5.30. The summed E-state index contributed by atoms with van der Waals surface area (Å²) in [5.74, 6) is 6.54. The quantitative estimate of drug-likeness (QED) is 0.383. The van der Waals surface area contributed by atoms with Gasteiger partial charge in [-0.15, -0.1) is 0 Å². The molecule has 0 nitrogen and oxygen atoms in total. The molecule has 0 spiro atoms.